The van der Waals surface area contributed by atoms with Gasteiger partial charge in [-0.05, 0) is 61.0 Å². The van der Waals surface area contributed by atoms with E-state index in [-0.39, 0.29) is 5.91 Å². The van der Waals surface area contributed by atoms with Gasteiger partial charge in [-0.25, -0.2) is 0 Å². The van der Waals surface area contributed by atoms with E-state index in [0.717, 1.165) is 56.1 Å². The first-order chi connectivity index (χ1) is 13.3. The van der Waals surface area contributed by atoms with E-state index in [9.17, 15) is 4.79 Å². The zero-order chi connectivity index (χ0) is 18.2. The van der Waals surface area contributed by atoms with Gasteiger partial charge in [-0.3, -0.25) is 4.79 Å². The number of hydrogen-bond acceptors (Lipinski definition) is 4. The summed E-state index contributed by atoms with van der Waals surface area (Å²) in [5.41, 5.74) is 1.88. The van der Waals surface area contributed by atoms with Gasteiger partial charge in [0, 0.05) is 39.4 Å². The molecule has 0 bridgehead atoms. The predicted molar refractivity (Wildman–Crippen MR) is 103 cm³/mol. The number of hydrogen-bond donors (Lipinski definition) is 1. The Morgan fingerprint density at radius 1 is 1.15 bits per heavy atom. The molecule has 1 amide bonds. The smallest absolute Gasteiger partial charge is 0.255 e. The number of carbonyl (C=O) groups excluding carboxylic acids is 1. The van der Waals surface area contributed by atoms with E-state index in [1.54, 1.807) is 0 Å². The first kappa shape index (κ1) is 17.5. The highest BCUT2D eigenvalue weighted by molar-refractivity contribution is 5.97. The van der Waals surface area contributed by atoms with Gasteiger partial charge in [-0.15, -0.1) is 0 Å². The summed E-state index contributed by atoms with van der Waals surface area (Å²) in [6.45, 7) is 7.07. The van der Waals surface area contributed by atoms with Crippen LogP contribution in [0, 0.1) is 23.7 Å². The van der Waals surface area contributed by atoms with Gasteiger partial charge in [-0.2, -0.15) is 0 Å². The van der Waals surface area contributed by atoms with Crippen LogP contribution in [0.15, 0.2) is 18.2 Å². The third kappa shape index (κ3) is 3.59. The fraction of sp³-hybridized carbons (Fsp3) is 0.682. The molecule has 0 aromatic heterocycles. The minimum atomic E-state index is 0.0257. The number of carbonyl (C=O) groups is 1. The Hall–Kier alpha value is -1.59. The van der Waals surface area contributed by atoms with Crippen molar-refractivity contribution in [2.75, 3.05) is 46.0 Å². The van der Waals surface area contributed by atoms with Crippen LogP contribution in [-0.2, 0) is 11.2 Å². The molecule has 1 N–H and O–H groups in total. The van der Waals surface area contributed by atoms with Crippen molar-refractivity contribution in [1.29, 1.82) is 0 Å². The zero-order valence-electron chi connectivity index (χ0n) is 16.0. The maximum Gasteiger partial charge on any atom is 0.255 e. The topological polar surface area (TPSA) is 50.8 Å². The lowest BCUT2D eigenvalue weighted by Crippen LogP contribution is -2.34. The lowest BCUT2D eigenvalue weighted by molar-refractivity contribution is 0.0535. The van der Waals surface area contributed by atoms with Crippen molar-refractivity contribution >= 4 is 5.91 Å². The molecule has 0 spiro atoms. The van der Waals surface area contributed by atoms with Crippen molar-refractivity contribution < 1.29 is 14.3 Å². The second-order valence-electron chi connectivity index (χ2n) is 8.72. The van der Waals surface area contributed by atoms with Gasteiger partial charge in [0.1, 0.15) is 5.75 Å². The number of likely N-dealkylation sites (tertiary alicyclic amines) is 1. The van der Waals surface area contributed by atoms with Crippen LogP contribution >= 0.6 is 0 Å². The van der Waals surface area contributed by atoms with E-state index >= 15 is 0 Å². The predicted octanol–water partition coefficient (Wildman–Crippen LogP) is 2.35. The number of aryl methyl sites for hydroxylation is 1. The number of nitrogens with zero attached hydrogens (tertiary/aromatic N) is 1. The molecule has 1 saturated carbocycles. The molecule has 1 aliphatic carbocycles. The number of rotatable bonds is 5. The average molecular weight is 370 g/mol. The molecule has 3 fully saturated rings. The highest BCUT2D eigenvalue weighted by Crippen LogP contribution is 2.51. The molecule has 5 rings (SSSR count). The van der Waals surface area contributed by atoms with Crippen LogP contribution in [0.5, 0.6) is 5.75 Å². The summed E-state index contributed by atoms with van der Waals surface area (Å²) in [4.78, 5) is 15.3. The van der Waals surface area contributed by atoms with Crippen LogP contribution in [0.1, 0.15) is 35.2 Å². The molecule has 5 heteroatoms. The van der Waals surface area contributed by atoms with E-state index in [2.05, 4.69) is 16.3 Å². The highest BCUT2D eigenvalue weighted by atomic mass is 16.5. The molecule has 0 radical (unpaired) electrons. The summed E-state index contributed by atoms with van der Waals surface area (Å²) in [7, 11) is 0. The van der Waals surface area contributed by atoms with E-state index in [1.807, 2.05) is 12.1 Å². The number of fused-ring (bicyclic) bond motifs is 2. The molecule has 3 aliphatic heterocycles. The lowest BCUT2D eigenvalue weighted by atomic mass is 9.99. The van der Waals surface area contributed by atoms with Gasteiger partial charge in [0.2, 0.25) is 0 Å². The third-order valence-corrected chi connectivity index (χ3v) is 6.98. The number of para-hydroxylation sites is 1. The second-order valence-corrected chi connectivity index (χ2v) is 8.72. The Labute approximate surface area is 161 Å². The fourth-order valence-corrected chi connectivity index (χ4v) is 5.36. The van der Waals surface area contributed by atoms with Crippen LogP contribution in [0.2, 0.25) is 0 Å². The molecule has 1 aromatic rings. The molecule has 2 saturated heterocycles. The minimum absolute atomic E-state index is 0.0257. The molecular formula is C22H30N2O3. The van der Waals surface area contributed by atoms with Crippen molar-refractivity contribution in [2.45, 2.75) is 25.7 Å². The van der Waals surface area contributed by atoms with E-state index in [1.165, 1.54) is 38.0 Å². The minimum Gasteiger partial charge on any atom is -0.492 e. The number of benzene rings is 1. The van der Waals surface area contributed by atoms with Crippen molar-refractivity contribution in [1.82, 2.24) is 10.2 Å². The van der Waals surface area contributed by atoms with E-state index < -0.39 is 0 Å². The van der Waals surface area contributed by atoms with Crippen LogP contribution in [0.25, 0.3) is 0 Å². The standard InChI is InChI=1S/C22H30N2O3/c25-22(17-5-1-3-16-4-2-8-27-21(16)17)23-11-18-19-13-24(14-20(18)19)12-15-6-9-26-10-7-15/h1,3,5,15,18-20H,2,4,6-14H2,(H,23,25). The highest BCUT2D eigenvalue weighted by Gasteiger charge is 2.55. The first-order valence-corrected chi connectivity index (χ1v) is 10.6. The summed E-state index contributed by atoms with van der Waals surface area (Å²) in [6, 6.07) is 5.94. The van der Waals surface area contributed by atoms with E-state index in [0.29, 0.717) is 18.1 Å². The van der Waals surface area contributed by atoms with Gasteiger partial charge in [0.25, 0.3) is 5.91 Å². The first-order valence-electron chi connectivity index (χ1n) is 10.6. The molecule has 3 heterocycles. The summed E-state index contributed by atoms with van der Waals surface area (Å²) >= 11 is 0. The van der Waals surface area contributed by atoms with Gasteiger partial charge >= 0.3 is 0 Å². The summed E-state index contributed by atoms with van der Waals surface area (Å²) in [6.07, 6.45) is 4.48. The van der Waals surface area contributed by atoms with Crippen molar-refractivity contribution in [3.05, 3.63) is 29.3 Å². The third-order valence-electron chi connectivity index (χ3n) is 6.98. The SMILES string of the molecule is O=C(NCC1C2CN(CC3CCOCC3)CC12)c1cccc2c1OCCC2. The number of amides is 1. The van der Waals surface area contributed by atoms with Crippen LogP contribution in [-0.4, -0.2) is 56.8 Å². The summed E-state index contributed by atoms with van der Waals surface area (Å²) < 4.78 is 11.3. The molecular weight excluding hydrogens is 340 g/mol. The monoisotopic (exact) mass is 370 g/mol. The van der Waals surface area contributed by atoms with Gasteiger partial charge < -0.3 is 19.7 Å². The molecule has 2 unspecified atom stereocenters. The normalized spacial score (nSPS) is 30.3. The van der Waals surface area contributed by atoms with Gasteiger partial charge in [0.05, 0.1) is 12.2 Å². The molecule has 2 atom stereocenters. The van der Waals surface area contributed by atoms with E-state index in [4.69, 9.17) is 9.47 Å². The maximum atomic E-state index is 12.7. The lowest BCUT2D eigenvalue weighted by Gasteiger charge is -2.28. The quantitative estimate of drug-likeness (QED) is 0.864. The Morgan fingerprint density at radius 3 is 2.78 bits per heavy atom. The molecule has 4 aliphatic rings. The molecule has 1 aromatic carbocycles. The Morgan fingerprint density at radius 2 is 1.96 bits per heavy atom. The molecule has 27 heavy (non-hydrogen) atoms. The molecule has 146 valence electrons. The van der Waals surface area contributed by atoms with Gasteiger partial charge in [-0.1, -0.05) is 12.1 Å². The number of piperidine rings is 1. The number of ether oxygens (including phenoxy) is 2. The van der Waals surface area contributed by atoms with Crippen molar-refractivity contribution in [3.8, 4) is 5.75 Å². The molecule has 5 nitrogen and oxygen atoms in total. The Kier molecular flexibility index (Phi) is 4.82. The second kappa shape index (κ2) is 7.44. The van der Waals surface area contributed by atoms with Crippen LogP contribution in [0.3, 0.4) is 0 Å². The number of nitrogens with one attached hydrogen (secondary N) is 1. The van der Waals surface area contributed by atoms with Crippen molar-refractivity contribution in [2.24, 2.45) is 23.7 Å². The average Bonchev–Trinajstić information content (AvgIpc) is 3.17. The van der Waals surface area contributed by atoms with Crippen LogP contribution < -0.4 is 10.1 Å². The Balaban J connectivity index is 1.10. The summed E-state index contributed by atoms with van der Waals surface area (Å²) in [5, 5.41) is 3.18. The Bertz CT molecular complexity index is 689. The summed E-state index contributed by atoms with van der Waals surface area (Å²) in [5.74, 6) is 3.88. The zero-order valence-corrected chi connectivity index (χ0v) is 16.0. The van der Waals surface area contributed by atoms with Crippen molar-refractivity contribution in [3.63, 3.8) is 0 Å². The van der Waals surface area contributed by atoms with Crippen LogP contribution in [0.4, 0.5) is 0 Å². The fourth-order valence-electron chi connectivity index (χ4n) is 5.36. The maximum absolute atomic E-state index is 12.7. The largest absolute Gasteiger partial charge is 0.492 e. The van der Waals surface area contributed by atoms with Gasteiger partial charge in [0.15, 0.2) is 0 Å².